The molecule has 0 aliphatic rings. The van der Waals surface area contributed by atoms with Crippen LogP contribution in [0.3, 0.4) is 0 Å². The minimum atomic E-state index is 0.860. The fourth-order valence-corrected chi connectivity index (χ4v) is 12.2. The molecule has 0 bridgehead atoms. The lowest BCUT2D eigenvalue weighted by atomic mass is 10.0. The molecule has 0 radical (unpaired) electrons. The number of furan rings is 2. The van der Waals surface area contributed by atoms with Crippen LogP contribution in [0.4, 0.5) is 34.1 Å². The molecule has 0 spiro atoms. The van der Waals surface area contributed by atoms with Crippen LogP contribution in [0.15, 0.2) is 264 Å². The fraction of sp³-hybridized carbons (Fsp3) is 0. The number of rotatable bonds is 8. The Balaban J connectivity index is 0.874. The highest BCUT2D eigenvalue weighted by Crippen LogP contribution is 2.47. The maximum absolute atomic E-state index is 6.70. The molecule has 0 aliphatic carbocycles. The molecule has 3 heterocycles. The van der Waals surface area contributed by atoms with E-state index < -0.39 is 0 Å². The van der Waals surface area contributed by atoms with E-state index in [1.165, 1.54) is 64.0 Å². The quantitative estimate of drug-likeness (QED) is 0.152. The second-order valence-electron chi connectivity index (χ2n) is 18.9. The van der Waals surface area contributed by atoms with E-state index >= 15 is 0 Å². The predicted octanol–water partition coefficient (Wildman–Crippen LogP) is 20.4. The van der Waals surface area contributed by atoms with Crippen molar-refractivity contribution in [3.8, 4) is 22.3 Å². The number of thiophene rings is 1. The van der Waals surface area contributed by atoms with Gasteiger partial charge < -0.3 is 18.6 Å². The van der Waals surface area contributed by atoms with Crippen LogP contribution in [0.2, 0.25) is 0 Å². The SMILES string of the molecule is c1ccc(-c2ccc(N(c3ccc4cc5sc6cc7ccc(N(c8ccc(-c9ccccc9)cc8)c8cccc9c8oc8ccccc89)cc7cc6c5cc4c3)c3cccc4c3oc3ccccc34)cc2)cc1. The molecule has 0 saturated heterocycles. The number of fused-ring (bicyclic) bond motifs is 11. The van der Waals surface area contributed by atoms with Crippen molar-refractivity contribution in [3.05, 3.63) is 255 Å². The largest absolute Gasteiger partial charge is 0.454 e. The van der Waals surface area contributed by atoms with Gasteiger partial charge in [-0.15, -0.1) is 11.3 Å². The Morgan fingerprint density at radius 3 is 1.10 bits per heavy atom. The van der Waals surface area contributed by atoms with Crippen LogP contribution in [0.25, 0.3) is 108 Å². The highest BCUT2D eigenvalue weighted by Gasteiger charge is 2.22. The zero-order chi connectivity index (χ0) is 48.0. The van der Waals surface area contributed by atoms with Gasteiger partial charge in [-0.1, -0.05) is 158 Å². The molecule has 15 aromatic rings. The van der Waals surface area contributed by atoms with Crippen LogP contribution in [0, 0.1) is 0 Å². The first kappa shape index (κ1) is 41.4. The highest BCUT2D eigenvalue weighted by molar-refractivity contribution is 7.26. The first-order valence-corrected chi connectivity index (χ1v) is 25.5. The zero-order valence-corrected chi connectivity index (χ0v) is 40.2. The number of hydrogen-bond donors (Lipinski definition) is 0. The summed E-state index contributed by atoms with van der Waals surface area (Å²) in [4.78, 5) is 4.69. The molecule has 15 rings (SSSR count). The van der Waals surface area contributed by atoms with Crippen LogP contribution in [-0.4, -0.2) is 0 Å². The molecule has 0 saturated carbocycles. The number of para-hydroxylation sites is 4. The van der Waals surface area contributed by atoms with E-state index in [9.17, 15) is 0 Å². The first-order chi connectivity index (χ1) is 36.1. The zero-order valence-electron chi connectivity index (χ0n) is 39.4. The van der Waals surface area contributed by atoms with Gasteiger partial charge in [-0.3, -0.25) is 0 Å². The first-order valence-electron chi connectivity index (χ1n) is 24.7. The number of nitrogens with zero attached hydrogens (tertiary/aromatic N) is 2. The standard InChI is InChI=1S/C68H42N2O2S/c1-3-13-43(14-4-1)45-25-31-51(32-26-45)69(61-21-11-19-57-55-17-7-9-23-63(55)71-67(57)61)53-35-29-47-41-65-59(39-49(47)37-53)60-40-50-38-54(36-30-48(50)42-66(60)73-65)70(52-33-27-46(28-34-52)44-15-5-2-6-16-44)62-22-12-20-58-56-18-8-10-24-64(56)72-68(58)62/h1-42H. The van der Waals surface area contributed by atoms with Crippen LogP contribution < -0.4 is 9.80 Å². The lowest BCUT2D eigenvalue weighted by molar-refractivity contribution is 0.668. The predicted molar refractivity (Wildman–Crippen MR) is 309 cm³/mol. The molecule has 0 fully saturated rings. The van der Waals surface area contributed by atoms with Crippen molar-refractivity contribution >= 4 is 131 Å². The summed E-state index contributed by atoms with van der Waals surface area (Å²) in [5.74, 6) is 0. The van der Waals surface area contributed by atoms with Crippen LogP contribution in [-0.2, 0) is 0 Å². The third kappa shape index (κ3) is 6.89. The van der Waals surface area contributed by atoms with Crippen LogP contribution >= 0.6 is 11.3 Å². The van der Waals surface area contributed by atoms with Crippen molar-refractivity contribution in [2.75, 3.05) is 9.80 Å². The lowest BCUT2D eigenvalue weighted by Crippen LogP contribution is -2.10. The van der Waals surface area contributed by atoms with E-state index in [-0.39, 0.29) is 0 Å². The van der Waals surface area contributed by atoms with Gasteiger partial charge in [-0.05, 0) is 141 Å². The van der Waals surface area contributed by atoms with Gasteiger partial charge >= 0.3 is 0 Å². The molecule has 0 amide bonds. The van der Waals surface area contributed by atoms with Crippen molar-refractivity contribution in [2.45, 2.75) is 0 Å². The Morgan fingerprint density at radius 1 is 0.260 bits per heavy atom. The second kappa shape index (κ2) is 16.6. The van der Waals surface area contributed by atoms with Crippen molar-refractivity contribution in [2.24, 2.45) is 0 Å². The minimum Gasteiger partial charge on any atom is -0.454 e. The van der Waals surface area contributed by atoms with E-state index in [2.05, 4.69) is 252 Å². The Labute approximate surface area is 424 Å². The summed E-state index contributed by atoms with van der Waals surface area (Å²) < 4.78 is 15.9. The Morgan fingerprint density at radius 2 is 0.644 bits per heavy atom. The molecular weight excluding hydrogens is 909 g/mol. The van der Waals surface area contributed by atoms with E-state index in [1.807, 2.05) is 23.5 Å². The molecule has 5 heteroatoms. The number of hydrogen-bond acceptors (Lipinski definition) is 5. The summed E-state index contributed by atoms with van der Waals surface area (Å²) in [7, 11) is 0. The normalized spacial score (nSPS) is 11.8. The summed E-state index contributed by atoms with van der Waals surface area (Å²) in [6.07, 6.45) is 0. The third-order valence-corrected chi connectivity index (χ3v) is 15.7. The number of anilines is 6. The van der Waals surface area contributed by atoms with Crippen molar-refractivity contribution < 1.29 is 8.83 Å². The van der Waals surface area contributed by atoms with Gasteiger partial charge in [0, 0.05) is 64.5 Å². The van der Waals surface area contributed by atoms with E-state index in [1.54, 1.807) is 0 Å². The summed E-state index contributed by atoms with van der Waals surface area (Å²) in [6, 6.07) is 91.7. The van der Waals surface area contributed by atoms with E-state index in [0.717, 1.165) is 78.0 Å². The molecule has 0 atom stereocenters. The molecule has 0 aliphatic heterocycles. The molecule has 342 valence electrons. The Kier molecular flexibility index (Phi) is 9.41. The van der Waals surface area contributed by atoms with Crippen molar-refractivity contribution in [1.82, 2.24) is 0 Å². The van der Waals surface area contributed by atoms with Crippen molar-refractivity contribution in [3.63, 3.8) is 0 Å². The molecule has 3 aromatic heterocycles. The maximum Gasteiger partial charge on any atom is 0.159 e. The molecular formula is C68H42N2O2S. The number of benzene rings is 12. The Hall–Kier alpha value is -9.42. The maximum atomic E-state index is 6.70. The second-order valence-corrected chi connectivity index (χ2v) is 19.9. The summed E-state index contributed by atoms with van der Waals surface area (Å²) in [6.45, 7) is 0. The van der Waals surface area contributed by atoms with Gasteiger partial charge in [0.25, 0.3) is 0 Å². The minimum absolute atomic E-state index is 0.860. The van der Waals surface area contributed by atoms with E-state index in [4.69, 9.17) is 8.83 Å². The molecule has 0 unspecified atom stereocenters. The smallest absolute Gasteiger partial charge is 0.159 e. The van der Waals surface area contributed by atoms with Crippen LogP contribution in [0.1, 0.15) is 0 Å². The summed E-state index contributed by atoms with van der Waals surface area (Å²) >= 11 is 1.86. The highest BCUT2D eigenvalue weighted by atomic mass is 32.1. The Bertz CT molecular complexity index is 4320. The molecule has 12 aromatic carbocycles. The van der Waals surface area contributed by atoms with Gasteiger partial charge in [0.2, 0.25) is 0 Å². The van der Waals surface area contributed by atoms with Gasteiger partial charge in [-0.25, -0.2) is 0 Å². The molecule has 0 N–H and O–H groups in total. The molecule has 4 nitrogen and oxygen atoms in total. The van der Waals surface area contributed by atoms with Gasteiger partial charge in [0.15, 0.2) is 11.2 Å². The van der Waals surface area contributed by atoms with Crippen LogP contribution in [0.5, 0.6) is 0 Å². The summed E-state index contributed by atoms with van der Waals surface area (Å²) in [5, 5.41) is 11.6. The average Bonchev–Trinajstić information content (AvgIpc) is 4.15. The molecule has 73 heavy (non-hydrogen) atoms. The van der Waals surface area contributed by atoms with Gasteiger partial charge in [0.05, 0.1) is 11.4 Å². The third-order valence-electron chi connectivity index (χ3n) is 14.6. The fourth-order valence-electron chi connectivity index (χ4n) is 11.1. The van der Waals surface area contributed by atoms with Gasteiger partial charge in [-0.2, -0.15) is 0 Å². The van der Waals surface area contributed by atoms with E-state index in [0.29, 0.717) is 0 Å². The van der Waals surface area contributed by atoms with Gasteiger partial charge in [0.1, 0.15) is 11.2 Å². The lowest BCUT2D eigenvalue weighted by Gasteiger charge is -2.26. The average molecular weight is 951 g/mol. The van der Waals surface area contributed by atoms with Crippen molar-refractivity contribution in [1.29, 1.82) is 0 Å². The topological polar surface area (TPSA) is 32.8 Å². The monoisotopic (exact) mass is 950 g/mol. The summed E-state index contributed by atoms with van der Waals surface area (Å²) in [5.41, 5.74) is 14.4.